The number of imidazole rings is 1. The Balaban J connectivity index is 1.14. The van der Waals surface area contributed by atoms with Gasteiger partial charge in [-0.1, -0.05) is 0 Å². The van der Waals surface area contributed by atoms with Crippen LogP contribution in [-0.2, 0) is 4.79 Å². The first-order valence-electron chi connectivity index (χ1n) is 10.2. The Hall–Kier alpha value is -2.22. The summed E-state index contributed by atoms with van der Waals surface area (Å²) in [4.78, 5) is 33.3. The number of likely N-dealkylation sites (tertiary alicyclic amines) is 1. The molecular weight excluding hydrogens is 342 g/mol. The number of anilines is 1. The molecule has 0 spiro atoms. The van der Waals surface area contributed by atoms with E-state index >= 15 is 0 Å². The molecule has 8 nitrogen and oxygen atoms in total. The van der Waals surface area contributed by atoms with Gasteiger partial charge >= 0.3 is 0 Å². The van der Waals surface area contributed by atoms with Gasteiger partial charge in [0.25, 0.3) is 0 Å². The maximum Gasteiger partial charge on any atom is 0.223 e. The van der Waals surface area contributed by atoms with Crippen LogP contribution < -0.4 is 10.2 Å². The molecule has 27 heavy (non-hydrogen) atoms. The van der Waals surface area contributed by atoms with Crippen LogP contribution in [0.25, 0.3) is 11.2 Å². The first kappa shape index (κ1) is 16.9. The fraction of sp³-hybridized carbons (Fsp3) is 0.684. The van der Waals surface area contributed by atoms with Crippen LogP contribution >= 0.6 is 0 Å². The van der Waals surface area contributed by atoms with Crippen LogP contribution in [0.4, 0.5) is 5.82 Å². The Morgan fingerprint density at radius 2 is 1.78 bits per heavy atom. The molecule has 8 heteroatoms. The number of fused-ring (bicyclic) bond motifs is 1. The number of carbonyl (C=O) groups is 1. The highest BCUT2D eigenvalue weighted by molar-refractivity contribution is 5.82. The lowest BCUT2D eigenvalue weighted by atomic mass is 9.92. The summed E-state index contributed by atoms with van der Waals surface area (Å²) < 4.78 is 0. The number of amides is 1. The van der Waals surface area contributed by atoms with Gasteiger partial charge in [-0.2, -0.15) is 0 Å². The second-order valence-electron chi connectivity index (χ2n) is 8.11. The van der Waals surface area contributed by atoms with Crippen molar-refractivity contribution in [2.75, 3.05) is 31.1 Å². The number of piperidine rings is 2. The van der Waals surface area contributed by atoms with Crippen molar-refractivity contribution in [2.45, 2.75) is 50.6 Å². The zero-order valence-corrected chi connectivity index (χ0v) is 15.6. The van der Waals surface area contributed by atoms with E-state index in [1.807, 2.05) is 0 Å². The summed E-state index contributed by atoms with van der Waals surface area (Å²) in [5.41, 5.74) is 1.66. The van der Waals surface area contributed by atoms with E-state index in [0.717, 1.165) is 68.8 Å². The monoisotopic (exact) mass is 369 g/mol. The number of aromatic amines is 1. The molecular formula is C19H27N7O. The van der Waals surface area contributed by atoms with Gasteiger partial charge in [0, 0.05) is 31.1 Å². The van der Waals surface area contributed by atoms with Crippen molar-refractivity contribution < 1.29 is 4.79 Å². The average molecular weight is 369 g/mol. The highest BCUT2D eigenvalue weighted by Gasteiger charge is 2.33. The largest absolute Gasteiger partial charge is 0.355 e. The quantitative estimate of drug-likeness (QED) is 0.845. The molecule has 144 valence electrons. The minimum atomic E-state index is 0.219. The summed E-state index contributed by atoms with van der Waals surface area (Å²) in [6.07, 6.45) is 9.89. The van der Waals surface area contributed by atoms with Crippen LogP contribution in [0.2, 0.25) is 0 Å². The molecule has 2 aliphatic heterocycles. The van der Waals surface area contributed by atoms with E-state index in [-0.39, 0.29) is 5.92 Å². The highest BCUT2D eigenvalue weighted by atomic mass is 16.2. The van der Waals surface area contributed by atoms with E-state index in [1.165, 1.54) is 12.8 Å². The number of nitrogens with one attached hydrogen (secondary N) is 2. The van der Waals surface area contributed by atoms with Gasteiger partial charge in [-0.15, -0.1) is 0 Å². The van der Waals surface area contributed by atoms with E-state index in [9.17, 15) is 4.79 Å². The van der Waals surface area contributed by atoms with Crippen molar-refractivity contribution in [3.8, 4) is 0 Å². The molecule has 1 amide bonds. The number of hydrogen-bond donors (Lipinski definition) is 2. The van der Waals surface area contributed by atoms with Gasteiger partial charge in [0.15, 0.2) is 11.5 Å². The predicted octanol–water partition coefficient (Wildman–Crippen LogP) is 1.31. The van der Waals surface area contributed by atoms with Crippen LogP contribution in [0.3, 0.4) is 0 Å². The zero-order valence-electron chi connectivity index (χ0n) is 15.6. The van der Waals surface area contributed by atoms with Crippen molar-refractivity contribution >= 4 is 22.9 Å². The van der Waals surface area contributed by atoms with Crippen molar-refractivity contribution in [3.05, 3.63) is 12.7 Å². The van der Waals surface area contributed by atoms with Gasteiger partial charge in [0.05, 0.1) is 6.33 Å². The predicted molar refractivity (Wildman–Crippen MR) is 102 cm³/mol. The number of rotatable bonds is 4. The minimum absolute atomic E-state index is 0.219. The fourth-order valence-corrected chi connectivity index (χ4v) is 4.51. The molecule has 5 rings (SSSR count). The van der Waals surface area contributed by atoms with Crippen LogP contribution in [0.1, 0.15) is 38.5 Å². The second kappa shape index (κ2) is 7.07. The third-order valence-electron chi connectivity index (χ3n) is 6.31. The number of carbonyl (C=O) groups excluding carboxylic acids is 1. The third-order valence-corrected chi connectivity index (χ3v) is 6.31. The molecule has 3 fully saturated rings. The molecule has 4 heterocycles. The van der Waals surface area contributed by atoms with E-state index in [0.29, 0.717) is 18.0 Å². The van der Waals surface area contributed by atoms with Gasteiger partial charge in [-0.3, -0.25) is 4.79 Å². The summed E-state index contributed by atoms with van der Waals surface area (Å²) in [5, 5.41) is 3.17. The molecule has 2 aromatic rings. The molecule has 2 N–H and O–H groups in total. The van der Waals surface area contributed by atoms with Gasteiger partial charge in [0.2, 0.25) is 5.91 Å². The second-order valence-corrected chi connectivity index (χ2v) is 8.11. The van der Waals surface area contributed by atoms with E-state index < -0.39 is 0 Å². The normalized spacial score (nSPS) is 23.0. The number of nitrogens with zero attached hydrogens (tertiary/aromatic N) is 5. The van der Waals surface area contributed by atoms with Gasteiger partial charge in [0.1, 0.15) is 11.8 Å². The molecule has 0 bridgehead atoms. The molecule has 3 aliphatic rings. The molecule has 1 saturated carbocycles. The first-order valence-corrected chi connectivity index (χ1v) is 10.2. The van der Waals surface area contributed by atoms with Crippen LogP contribution in [0, 0.1) is 5.92 Å². The molecule has 0 aromatic carbocycles. The lowest BCUT2D eigenvalue weighted by molar-refractivity contribution is -0.126. The average Bonchev–Trinajstić information content (AvgIpc) is 3.40. The minimum Gasteiger partial charge on any atom is -0.355 e. The SMILES string of the molecule is O=C(NC1CC1)C1CCN(C2CCN(c3ncnc4nc[nH]c34)CC2)CC1. The maximum absolute atomic E-state index is 12.3. The first-order chi connectivity index (χ1) is 13.3. The fourth-order valence-electron chi connectivity index (χ4n) is 4.51. The number of hydrogen-bond acceptors (Lipinski definition) is 6. The lowest BCUT2D eigenvalue weighted by Gasteiger charge is -2.41. The summed E-state index contributed by atoms with van der Waals surface area (Å²) in [6.45, 7) is 4.09. The van der Waals surface area contributed by atoms with Crippen LogP contribution in [-0.4, -0.2) is 69.0 Å². The van der Waals surface area contributed by atoms with Crippen molar-refractivity contribution in [1.82, 2.24) is 30.2 Å². The summed E-state index contributed by atoms with van der Waals surface area (Å²) in [7, 11) is 0. The van der Waals surface area contributed by atoms with Gasteiger partial charge in [-0.05, 0) is 51.6 Å². The van der Waals surface area contributed by atoms with Crippen molar-refractivity contribution in [2.24, 2.45) is 5.92 Å². The van der Waals surface area contributed by atoms with Crippen molar-refractivity contribution in [1.29, 1.82) is 0 Å². The maximum atomic E-state index is 12.3. The summed E-state index contributed by atoms with van der Waals surface area (Å²) in [5.74, 6) is 1.47. The highest BCUT2D eigenvalue weighted by Crippen LogP contribution is 2.28. The van der Waals surface area contributed by atoms with E-state index in [2.05, 4.69) is 35.1 Å². The van der Waals surface area contributed by atoms with Gasteiger partial charge < -0.3 is 20.1 Å². The summed E-state index contributed by atoms with van der Waals surface area (Å²) in [6, 6.07) is 1.09. The molecule has 0 radical (unpaired) electrons. The topological polar surface area (TPSA) is 90.0 Å². The van der Waals surface area contributed by atoms with E-state index in [4.69, 9.17) is 0 Å². The van der Waals surface area contributed by atoms with Crippen LogP contribution in [0.5, 0.6) is 0 Å². The standard InChI is InChI=1S/C19H27N7O/c27-19(24-14-1-2-14)13-3-7-25(8-4-13)15-5-9-26(10-6-15)18-16-17(21-11-20-16)22-12-23-18/h11-15H,1-10H2,(H,24,27)(H,20,21,22,23). The van der Waals surface area contributed by atoms with E-state index in [1.54, 1.807) is 12.7 Å². The number of H-pyrrole nitrogens is 1. The molecule has 2 saturated heterocycles. The zero-order chi connectivity index (χ0) is 18.2. The molecule has 1 aliphatic carbocycles. The van der Waals surface area contributed by atoms with Crippen molar-refractivity contribution in [3.63, 3.8) is 0 Å². The third kappa shape index (κ3) is 3.50. The van der Waals surface area contributed by atoms with Gasteiger partial charge in [-0.25, -0.2) is 15.0 Å². The Kier molecular flexibility index (Phi) is 4.43. The Morgan fingerprint density at radius 1 is 1.00 bits per heavy atom. The Bertz CT molecular complexity index is 801. The smallest absolute Gasteiger partial charge is 0.223 e. The molecule has 2 aromatic heterocycles. The summed E-state index contributed by atoms with van der Waals surface area (Å²) >= 11 is 0. The Labute approximate surface area is 158 Å². The Morgan fingerprint density at radius 3 is 2.52 bits per heavy atom. The molecule has 0 atom stereocenters. The number of aromatic nitrogens is 4. The lowest BCUT2D eigenvalue weighted by Crippen LogP contribution is -2.49. The van der Waals surface area contributed by atoms with Crippen LogP contribution in [0.15, 0.2) is 12.7 Å². The molecule has 0 unspecified atom stereocenters.